The van der Waals surface area contributed by atoms with Crippen LogP contribution >= 0.6 is 41.2 Å². The van der Waals surface area contributed by atoms with Crippen LogP contribution in [0.15, 0.2) is 42.5 Å². The van der Waals surface area contributed by atoms with Gasteiger partial charge in [0.1, 0.15) is 0 Å². The van der Waals surface area contributed by atoms with Gasteiger partial charge in [-0.05, 0) is 56.6 Å². The molecule has 0 aliphatic carbocycles. The molecule has 31 heavy (non-hydrogen) atoms. The standard InChI is InChI=1S/C20H24BrNS2.C3H8.C2H6.CH5N/c1-4-22(12-11-21)17-9-7-16(8-10-17)19(23)20(24)18-13-14(2)5-6-15(18)3;1-3-2;2*1-2/h5-10,13,23-24H,4,11-12H2,1-3H3;3H2,1-2H3;1-2H3;2H2,1H3/b20-19-;;;. The summed E-state index contributed by atoms with van der Waals surface area (Å²) in [5, 5.41) is 0.966. The molecule has 0 atom stereocenters. The lowest BCUT2D eigenvalue weighted by molar-refractivity contribution is 0.875. The predicted octanol–water partition coefficient (Wildman–Crippen LogP) is 8.23. The summed E-state index contributed by atoms with van der Waals surface area (Å²) >= 11 is 13.0. The molecule has 0 saturated heterocycles. The molecule has 0 aliphatic heterocycles. The summed E-state index contributed by atoms with van der Waals surface area (Å²) in [6.07, 6.45) is 1.25. The molecule has 2 nitrogen and oxygen atoms in total. The monoisotopic (exact) mass is 526 g/mol. The molecule has 0 amide bonds. The molecule has 0 unspecified atom stereocenters. The van der Waals surface area contributed by atoms with Gasteiger partial charge in [0.05, 0.1) is 0 Å². The molecular weight excluding hydrogens is 484 g/mol. The van der Waals surface area contributed by atoms with Crippen LogP contribution in [0.2, 0.25) is 0 Å². The Bertz CT molecular complexity index is 744. The first-order valence-electron chi connectivity index (χ1n) is 11.1. The maximum absolute atomic E-state index is 4.75. The van der Waals surface area contributed by atoms with Crippen molar-refractivity contribution in [3.8, 4) is 0 Å². The van der Waals surface area contributed by atoms with E-state index >= 15 is 0 Å². The fourth-order valence-corrected chi connectivity index (χ4v) is 3.72. The maximum atomic E-state index is 4.75. The van der Waals surface area contributed by atoms with E-state index in [1.165, 1.54) is 30.3 Å². The van der Waals surface area contributed by atoms with Crippen molar-refractivity contribution in [1.82, 2.24) is 0 Å². The number of nitrogens with two attached hydrogens (primary N) is 1. The van der Waals surface area contributed by atoms with Crippen LogP contribution in [0.4, 0.5) is 5.69 Å². The largest absolute Gasteiger partial charge is 0.371 e. The van der Waals surface area contributed by atoms with E-state index in [2.05, 4.69) is 104 Å². The zero-order valence-electron chi connectivity index (χ0n) is 20.7. The molecule has 0 aliphatic rings. The fourth-order valence-electron chi connectivity index (χ4n) is 2.66. The lowest BCUT2D eigenvalue weighted by atomic mass is 10.0. The number of thiol groups is 2. The summed E-state index contributed by atoms with van der Waals surface area (Å²) < 4.78 is 0. The van der Waals surface area contributed by atoms with E-state index in [-0.39, 0.29) is 0 Å². The highest BCUT2D eigenvalue weighted by Crippen LogP contribution is 2.34. The van der Waals surface area contributed by atoms with Crippen molar-refractivity contribution in [3.63, 3.8) is 0 Å². The SMILES string of the molecule is CC.CCC.CCN(CCBr)c1ccc(/C(S)=C(/S)c2cc(C)ccc2C)cc1.CN. The molecule has 0 radical (unpaired) electrons. The number of hydrogen-bond donors (Lipinski definition) is 3. The van der Waals surface area contributed by atoms with Crippen LogP contribution in [0.25, 0.3) is 9.81 Å². The minimum absolute atomic E-state index is 0.905. The molecule has 2 N–H and O–H groups in total. The Labute approximate surface area is 211 Å². The lowest BCUT2D eigenvalue weighted by Crippen LogP contribution is -2.24. The first-order valence-corrected chi connectivity index (χ1v) is 13.1. The number of benzene rings is 2. The van der Waals surface area contributed by atoms with Gasteiger partial charge in [0.2, 0.25) is 0 Å². The van der Waals surface area contributed by atoms with Crippen molar-refractivity contribution in [2.45, 2.75) is 54.9 Å². The van der Waals surface area contributed by atoms with Crippen LogP contribution < -0.4 is 10.6 Å². The maximum Gasteiger partial charge on any atom is 0.0366 e. The third kappa shape index (κ3) is 11.5. The van der Waals surface area contributed by atoms with Gasteiger partial charge in [-0.25, -0.2) is 0 Å². The van der Waals surface area contributed by atoms with E-state index in [1.807, 2.05) is 13.8 Å². The highest BCUT2D eigenvalue weighted by atomic mass is 79.9. The van der Waals surface area contributed by atoms with Gasteiger partial charge < -0.3 is 10.6 Å². The van der Waals surface area contributed by atoms with E-state index in [1.54, 1.807) is 0 Å². The Balaban J connectivity index is 0. The molecule has 176 valence electrons. The second-order valence-corrected chi connectivity index (χ2v) is 8.23. The van der Waals surface area contributed by atoms with Gasteiger partial charge in [-0.15, -0.1) is 25.3 Å². The van der Waals surface area contributed by atoms with Gasteiger partial charge in [-0.2, -0.15) is 0 Å². The molecule has 2 aromatic carbocycles. The van der Waals surface area contributed by atoms with Crippen LogP contribution in [0.5, 0.6) is 0 Å². The summed E-state index contributed by atoms with van der Waals surface area (Å²) in [4.78, 5) is 4.16. The minimum Gasteiger partial charge on any atom is -0.371 e. The van der Waals surface area contributed by atoms with Gasteiger partial charge >= 0.3 is 0 Å². The van der Waals surface area contributed by atoms with Crippen molar-refractivity contribution in [2.24, 2.45) is 5.73 Å². The van der Waals surface area contributed by atoms with E-state index in [0.29, 0.717) is 0 Å². The van der Waals surface area contributed by atoms with Crippen LogP contribution in [0.3, 0.4) is 0 Å². The summed E-state index contributed by atoms with van der Waals surface area (Å²) in [7, 11) is 1.50. The number of halogens is 1. The second kappa shape index (κ2) is 19.8. The van der Waals surface area contributed by atoms with E-state index in [0.717, 1.165) is 39.4 Å². The summed E-state index contributed by atoms with van der Waals surface area (Å²) in [5.74, 6) is 0. The number of alkyl halides is 1. The quantitative estimate of drug-likeness (QED) is 0.201. The summed E-state index contributed by atoms with van der Waals surface area (Å²) in [6, 6.07) is 15.0. The Kier molecular flexibility index (Phi) is 20.6. The molecule has 0 aromatic heterocycles. The van der Waals surface area contributed by atoms with Gasteiger partial charge in [0, 0.05) is 33.9 Å². The smallest absolute Gasteiger partial charge is 0.0366 e. The van der Waals surface area contributed by atoms with Crippen molar-refractivity contribution >= 4 is 56.7 Å². The molecule has 2 rings (SSSR count). The Hall–Kier alpha value is -0.880. The number of anilines is 1. The second-order valence-electron chi connectivity index (χ2n) is 6.54. The molecule has 0 saturated carbocycles. The van der Waals surface area contributed by atoms with Crippen LogP contribution in [-0.2, 0) is 0 Å². The Morgan fingerprint density at radius 2 is 1.42 bits per heavy atom. The lowest BCUT2D eigenvalue weighted by Gasteiger charge is -2.22. The van der Waals surface area contributed by atoms with Crippen molar-refractivity contribution < 1.29 is 0 Å². The van der Waals surface area contributed by atoms with Gasteiger partial charge in [0.25, 0.3) is 0 Å². The zero-order valence-corrected chi connectivity index (χ0v) is 24.0. The molecule has 2 aromatic rings. The molecule has 0 spiro atoms. The molecule has 0 fully saturated rings. The Morgan fingerprint density at radius 3 is 1.87 bits per heavy atom. The third-order valence-corrected chi connectivity index (χ3v) is 5.59. The van der Waals surface area contributed by atoms with Crippen LogP contribution in [-0.4, -0.2) is 25.5 Å². The molecule has 5 heteroatoms. The summed E-state index contributed by atoms with van der Waals surface area (Å²) in [5.41, 5.74) is 10.4. The zero-order chi connectivity index (χ0) is 24.4. The Morgan fingerprint density at radius 1 is 0.903 bits per heavy atom. The fraction of sp³-hybridized carbons (Fsp3) is 0.462. The number of rotatable bonds is 6. The summed E-state index contributed by atoms with van der Waals surface area (Å²) in [6.45, 7) is 16.6. The minimum atomic E-state index is 0.905. The predicted molar refractivity (Wildman–Crippen MR) is 156 cm³/mol. The van der Waals surface area contributed by atoms with Crippen LogP contribution in [0, 0.1) is 13.8 Å². The normalized spacial score (nSPS) is 10.3. The van der Waals surface area contributed by atoms with Crippen molar-refractivity contribution in [3.05, 3.63) is 64.7 Å². The average molecular weight is 528 g/mol. The highest BCUT2D eigenvalue weighted by Gasteiger charge is 2.09. The first-order chi connectivity index (χ1) is 14.9. The number of hydrogen-bond acceptors (Lipinski definition) is 4. The van der Waals surface area contributed by atoms with Gasteiger partial charge in [-0.3, -0.25) is 0 Å². The van der Waals surface area contributed by atoms with Gasteiger partial charge in [0.15, 0.2) is 0 Å². The third-order valence-electron chi connectivity index (χ3n) is 4.11. The molecule has 0 heterocycles. The van der Waals surface area contributed by atoms with Crippen molar-refractivity contribution in [2.75, 3.05) is 30.4 Å². The van der Waals surface area contributed by atoms with E-state index < -0.39 is 0 Å². The van der Waals surface area contributed by atoms with E-state index in [9.17, 15) is 0 Å². The first kappa shape index (κ1) is 32.3. The molecular formula is C26H43BrN2S2. The van der Waals surface area contributed by atoms with Gasteiger partial charge in [-0.1, -0.05) is 85.9 Å². The topological polar surface area (TPSA) is 29.3 Å². The average Bonchev–Trinajstić information content (AvgIpc) is 2.81. The number of aryl methyl sites for hydroxylation is 2. The van der Waals surface area contributed by atoms with Crippen LogP contribution in [0.1, 0.15) is 63.3 Å². The highest BCUT2D eigenvalue weighted by molar-refractivity contribution is 9.09. The number of nitrogens with zero attached hydrogens (tertiary/aromatic N) is 1. The van der Waals surface area contributed by atoms with E-state index in [4.69, 9.17) is 25.3 Å². The van der Waals surface area contributed by atoms with Crippen molar-refractivity contribution in [1.29, 1.82) is 0 Å². The molecule has 0 bridgehead atoms.